The summed E-state index contributed by atoms with van der Waals surface area (Å²) < 4.78 is 4.49. The van der Waals surface area contributed by atoms with Crippen LogP contribution in [0.5, 0.6) is 0 Å². The van der Waals surface area contributed by atoms with Crippen molar-refractivity contribution in [3.8, 4) is 51.8 Å². The molecule has 0 bridgehead atoms. The van der Waals surface area contributed by atoms with Gasteiger partial charge in [-0.3, -0.25) is 0 Å². The van der Waals surface area contributed by atoms with Crippen LogP contribution in [0.1, 0.15) is 16.7 Å². The second-order valence-corrected chi connectivity index (χ2v) is 12.3. The van der Waals surface area contributed by atoms with Crippen LogP contribution in [0.2, 0.25) is 0 Å². The average molecular weight is 636 g/mol. The summed E-state index contributed by atoms with van der Waals surface area (Å²) in [5.74, 6) is 0. The average Bonchev–Trinajstić information content (AvgIpc) is 3.70. The molecule has 5 heteroatoms. The minimum atomic E-state index is 0.540. The van der Waals surface area contributed by atoms with Crippen molar-refractivity contribution in [2.24, 2.45) is 0 Å². The zero-order valence-electron chi connectivity index (χ0n) is 26.7. The van der Waals surface area contributed by atoms with Crippen LogP contribution in [0.25, 0.3) is 77.2 Å². The molecule has 230 valence electrons. The maximum atomic E-state index is 10.0. The third kappa shape index (κ3) is 4.38. The van der Waals surface area contributed by atoms with E-state index in [2.05, 4.69) is 100 Å². The van der Waals surface area contributed by atoms with Gasteiger partial charge in [-0.25, -0.2) is 0 Å². The fraction of sp³-hybridized carbons (Fsp3) is 0. The Morgan fingerprint density at radius 1 is 0.360 bits per heavy atom. The quantitative estimate of drug-likeness (QED) is 0.193. The Bertz CT molecular complexity index is 2900. The van der Waals surface area contributed by atoms with Gasteiger partial charge in [-0.15, -0.1) is 0 Å². The molecule has 9 aromatic rings. The molecule has 0 aliphatic heterocycles. The molecule has 0 aliphatic carbocycles. The highest BCUT2D eigenvalue weighted by Crippen LogP contribution is 2.41. The van der Waals surface area contributed by atoms with Gasteiger partial charge in [0.15, 0.2) is 0 Å². The molecular formula is C45H25N5. The summed E-state index contributed by atoms with van der Waals surface area (Å²) in [6, 6.07) is 57.8. The first-order valence-corrected chi connectivity index (χ1v) is 16.3. The van der Waals surface area contributed by atoms with Gasteiger partial charge in [-0.05, 0) is 95.6 Å². The Morgan fingerprint density at radius 2 is 0.840 bits per heavy atom. The smallest absolute Gasteiger partial charge is 0.0991 e. The predicted molar refractivity (Wildman–Crippen MR) is 200 cm³/mol. The van der Waals surface area contributed by atoms with Crippen molar-refractivity contribution in [1.82, 2.24) is 9.13 Å². The fourth-order valence-electron chi connectivity index (χ4n) is 7.40. The first-order valence-electron chi connectivity index (χ1n) is 16.3. The van der Waals surface area contributed by atoms with Gasteiger partial charge in [0.05, 0.1) is 62.7 Å². The highest BCUT2D eigenvalue weighted by atomic mass is 15.0. The summed E-state index contributed by atoms with van der Waals surface area (Å²) in [6.07, 6.45) is 0. The molecule has 7 aromatic carbocycles. The van der Waals surface area contributed by atoms with Gasteiger partial charge in [0, 0.05) is 32.8 Å². The SMILES string of the molecule is N#Cc1ccc(-c2ccc(-n3c4ccccc4c4cc(C#N)ccc43)cc2)c(-c2cc(C#N)ccc2-n2c3ccccc3c3ccccc32)c1. The number of hydrogen-bond acceptors (Lipinski definition) is 3. The Morgan fingerprint density at radius 3 is 1.46 bits per heavy atom. The van der Waals surface area contributed by atoms with Crippen LogP contribution in [0.4, 0.5) is 0 Å². The third-order valence-corrected chi connectivity index (χ3v) is 9.62. The van der Waals surface area contributed by atoms with E-state index in [1.165, 1.54) is 0 Å². The van der Waals surface area contributed by atoms with Crippen LogP contribution < -0.4 is 0 Å². The van der Waals surface area contributed by atoms with E-state index in [9.17, 15) is 15.8 Å². The first-order chi connectivity index (χ1) is 24.7. The molecule has 0 atom stereocenters. The van der Waals surface area contributed by atoms with E-state index in [-0.39, 0.29) is 0 Å². The lowest BCUT2D eigenvalue weighted by atomic mass is 9.91. The topological polar surface area (TPSA) is 81.2 Å². The molecule has 0 fully saturated rings. The summed E-state index contributed by atoms with van der Waals surface area (Å²) >= 11 is 0. The van der Waals surface area contributed by atoms with Crippen LogP contribution in [0.3, 0.4) is 0 Å². The van der Waals surface area contributed by atoms with Crippen LogP contribution >= 0.6 is 0 Å². The molecule has 50 heavy (non-hydrogen) atoms. The van der Waals surface area contributed by atoms with Gasteiger partial charge in [0.25, 0.3) is 0 Å². The van der Waals surface area contributed by atoms with Crippen molar-refractivity contribution in [2.45, 2.75) is 0 Å². The largest absolute Gasteiger partial charge is 0.309 e. The van der Waals surface area contributed by atoms with E-state index in [4.69, 9.17) is 0 Å². The summed E-state index contributed by atoms with van der Waals surface area (Å²) in [5, 5.41) is 34.1. The summed E-state index contributed by atoms with van der Waals surface area (Å²) in [7, 11) is 0. The molecule has 0 N–H and O–H groups in total. The molecule has 0 amide bonds. The molecule has 2 aromatic heterocycles. The molecule has 5 nitrogen and oxygen atoms in total. The van der Waals surface area contributed by atoms with E-state index < -0.39 is 0 Å². The standard InChI is InChI=1S/C45H25N5/c46-26-29-13-20-34(32-16-18-33(19-17-32)49-41-10-4-3-9-37(41)39-24-30(27-47)14-21-44(39)49)38(23-29)40-25-31(28-48)15-22-45(40)50-42-11-5-1-7-35(42)36-8-2-6-12-43(36)50/h1-25H. The van der Waals surface area contributed by atoms with Gasteiger partial charge in [-0.1, -0.05) is 72.8 Å². The summed E-state index contributed by atoms with van der Waals surface area (Å²) in [6.45, 7) is 0. The highest BCUT2D eigenvalue weighted by Gasteiger charge is 2.19. The van der Waals surface area contributed by atoms with E-state index in [1.54, 1.807) is 0 Å². The molecule has 0 spiro atoms. The van der Waals surface area contributed by atoms with Crippen LogP contribution in [-0.4, -0.2) is 9.13 Å². The van der Waals surface area contributed by atoms with Crippen molar-refractivity contribution in [1.29, 1.82) is 15.8 Å². The Labute approximate surface area is 287 Å². The highest BCUT2D eigenvalue weighted by molar-refractivity contribution is 6.11. The van der Waals surface area contributed by atoms with Crippen molar-refractivity contribution in [3.63, 3.8) is 0 Å². The van der Waals surface area contributed by atoms with Crippen LogP contribution in [0, 0.1) is 34.0 Å². The number of hydrogen-bond donors (Lipinski definition) is 0. The van der Waals surface area contributed by atoms with Gasteiger partial charge in [-0.2, -0.15) is 15.8 Å². The number of para-hydroxylation sites is 3. The first kappa shape index (κ1) is 28.8. The van der Waals surface area contributed by atoms with Gasteiger partial charge >= 0.3 is 0 Å². The summed E-state index contributed by atoms with van der Waals surface area (Å²) in [4.78, 5) is 0. The van der Waals surface area contributed by atoms with Crippen molar-refractivity contribution < 1.29 is 0 Å². The molecule has 9 rings (SSSR count). The molecule has 0 aliphatic rings. The Kier molecular flexibility index (Phi) is 6.56. The lowest BCUT2D eigenvalue weighted by Gasteiger charge is -2.18. The van der Waals surface area contributed by atoms with Gasteiger partial charge in [0.1, 0.15) is 0 Å². The van der Waals surface area contributed by atoms with Crippen molar-refractivity contribution in [2.75, 3.05) is 0 Å². The number of nitriles is 3. The van der Waals surface area contributed by atoms with Crippen molar-refractivity contribution >= 4 is 43.6 Å². The van der Waals surface area contributed by atoms with Crippen LogP contribution in [0.15, 0.2) is 152 Å². The molecule has 0 saturated heterocycles. The second-order valence-electron chi connectivity index (χ2n) is 12.3. The minimum Gasteiger partial charge on any atom is -0.309 e. The zero-order valence-corrected chi connectivity index (χ0v) is 26.7. The van der Waals surface area contributed by atoms with E-state index in [0.717, 1.165) is 77.2 Å². The zero-order chi connectivity index (χ0) is 33.8. The lowest BCUT2D eigenvalue weighted by Crippen LogP contribution is -1.99. The second kappa shape index (κ2) is 11.4. The van der Waals surface area contributed by atoms with Crippen molar-refractivity contribution in [3.05, 3.63) is 168 Å². The molecule has 0 unspecified atom stereocenters. The monoisotopic (exact) mass is 635 g/mol. The van der Waals surface area contributed by atoms with Crippen LogP contribution in [-0.2, 0) is 0 Å². The maximum absolute atomic E-state index is 10.0. The van der Waals surface area contributed by atoms with Gasteiger partial charge < -0.3 is 9.13 Å². The molecule has 0 radical (unpaired) electrons. The lowest BCUT2D eigenvalue weighted by molar-refractivity contribution is 1.18. The Balaban J connectivity index is 1.25. The van der Waals surface area contributed by atoms with E-state index >= 15 is 0 Å². The Hall–Kier alpha value is -7.39. The third-order valence-electron chi connectivity index (χ3n) is 9.62. The molecule has 2 heterocycles. The number of fused-ring (bicyclic) bond motifs is 6. The minimum absolute atomic E-state index is 0.540. The number of rotatable bonds is 4. The van der Waals surface area contributed by atoms with Gasteiger partial charge in [0.2, 0.25) is 0 Å². The number of aromatic nitrogens is 2. The normalized spacial score (nSPS) is 11.1. The maximum Gasteiger partial charge on any atom is 0.0991 e. The van der Waals surface area contributed by atoms with E-state index in [0.29, 0.717) is 16.7 Å². The van der Waals surface area contributed by atoms with E-state index in [1.807, 2.05) is 78.9 Å². The number of nitrogens with zero attached hydrogens (tertiary/aromatic N) is 5. The molecular weight excluding hydrogens is 611 g/mol. The predicted octanol–water partition coefficient (Wildman–Crippen LogP) is 10.8. The summed E-state index contributed by atoms with van der Waals surface area (Å²) in [5.41, 5.74) is 11.5. The number of benzene rings is 7. The fourth-order valence-corrected chi connectivity index (χ4v) is 7.40. The molecule has 0 saturated carbocycles.